The lowest BCUT2D eigenvalue weighted by molar-refractivity contribution is 0.229. The van der Waals surface area contributed by atoms with E-state index in [1.165, 1.54) is 5.56 Å². The van der Waals surface area contributed by atoms with E-state index in [1.54, 1.807) is 0 Å². The Hall–Kier alpha value is -0.990. The fraction of sp³-hybridized carbons (Fsp3) is 0.700. The highest BCUT2D eigenvalue weighted by Gasteiger charge is 2.15. The van der Waals surface area contributed by atoms with Crippen LogP contribution in [-0.2, 0) is 6.54 Å². The SMILES string of the molecule is CC.Cc1nn2c(c1C)OCCC2. The summed E-state index contributed by atoms with van der Waals surface area (Å²) in [7, 11) is 0. The van der Waals surface area contributed by atoms with Crippen LogP contribution in [0.1, 0.15) is 31.5 Å². The molecule has 2 rings (SSSR count). The monoisotopic (exact) mass is 182 g/mol. The quantitative estimate of drug-likeness (QED) is 0.615. The van der Waals surface area contributed by atoms with Gasteiger partial charge in [-0.2, -0.15) is 5.10 Å². The van der Waals surface area contributed by atoms with Crippen LogP contribution in [-0.4, -0.2) is 16.4 Å². The highest BCUT2D eigenvalue weighted by molar-refractivity contribution is 5.29. The van der Waals surface area contributed by atoms with Gasteiger partial charge >= 0.3 is 0 Å². The van der Waals surface area contributed by atoms with Crippen molar-refractivity contribution >= 4 is 0 Å². The number of fused-ring (bicyclic) bond motifs is 1. The first-order valence-corrected chi connectivity index (χ1v) is 4.96. The van der Waals surface area contributed by atoms with E-state index in [4.69, 9.17) is 4.74 Å². The average molecular weight is 182 g/mol. The van der Waals surface area contributed by atoms with Gasteiger partial charge in [0.2, 0.25) is 5.88 Å². The molecule has 0 atom stereocenters. The third-order valence-corrected chi connectivity index (χ3v) is 2.12. The van der Waals surface area contributed by atoms with Gasteiger partial charge in [0.05, 0.1) is 12.3 Å². The lowest BCUT2D eigenvalue weighted by atomic mass is 10.3. The molecule has 0 radical (unpaired) electrons. The fourth-order valence-corrected chi connectivity index (χ4v) is 1.37. The van der Waals surface area contributed by atoms with Crippen molar-refractivity contribution in [1.29, 1.82) is 0 Å². The van der Waals surface area contributed by atoms with E-state index < -0.39 is 0 Å². The van der Waals surface area contributed by atoms with E-state index in [0.29, 0.717) is 0 Å². The summed E-state index contributed by atoms with van der Waals surface area (Å²) in [5.74, 6) is 0.966. The highest BCUT2D eigenvalue weighted by Crippen LogP contribution is 2.23. The van der Waals surface area contributed by atoms with Gasteiger partial charge in [-0.1, -0.05) is 13.8 Å². The summed E-state index contributed by atoms with van der Waals surface area (Å²) in [6, 6.07) is 0. The summed E-state index contributed by atoms with van der Waals surface area (Å²) in [4.78, 5) is 0. The summed E-state index contributed by atoms with van der Waals surface area (Å²) in [5.41, 5.74) is 2.27. The first kappa shape index (κ1) is 10.1. The maximum absolute atomic E-state index is 5.48. The molecule has 0 saturated heterocycles. The van der Waals surface area contributed by atoms with E-state index in [-0.39, 0.29) is 0 Å². The first-order valence-electron chi connectivity index (χ1n) is 4.96. The van der Waals surface area contributed by atoms with Crippen LogP contribution in [0.4, 0.5) is 0 Å². The van der Waals surface area contributed by atoms with Gasteiger partial charge in [-0.05, 0) is 13.8 Å². The van der Waals surface area contributed by atoms with Crippen molar-refractivity contribution < 1.29 is 4.74 Å². The molecule has 0 aromatic carbocycles. The Morgan fingerprint density at radius 2 is 2.00 bits per heavy atom. The summed E-state index contributed by atoms with van der Waals surface area (Å²) in [6.45, 7) is 9.92. The van der Waals surface area contributed by atoms with Crippen LogP contribution in [0.3, 0.4) is 0 Å². The van der Waals surface area contributed by atoms with Crippen LogP contribution in [0.15, 0.2) is 0 Å². The number of nitrogens with zero attached hydrogens (tertiary/aromatic N) is 2. The van der Waals surface area contributed by atoms with Crippen molar-refractivity contribution in [2.45, 2.75) is 40.7 Å². The minimum atomic E-state index is 0.839. The molecule has 3 nitrogen and oxygen atoms in total. The molecule has 3 heteroatoms. The van der Waals surface area contributed by atoms with Gasteiger partial charge in [-0.25, -0.2) is 4.68 Å². The third kappa shape index (κ3) is 1.85. The molecule has 0 bridgehead atoms. The molecule has 1 aliphatic heterocycles. The molecule has 2 heterocycles. The Morgan fingerprint density at radius 3 is 2.62 bits per heavy atom. The molecule has 74 valence electrons. The van der Waals surface area contributed by atoms with Gasteiger partial charge in [0.25, 0.3) is 0 Å². The van der Waals surface area contributed by atoms with Crippen LogP contribution in [0.25, 0.3) is 0 Å². The molecule has 13 heavy (non-hydrogen) atoms. The topological polar surface area (TPSA) is 27.1 Å². The third-order valence-electron chi connectivity index (χ3n) is 2.12. The molecule has 0 N–H and O–H groups in total. The lowest BCUT2D eigenvalue weighted by Gasteiger charge is -2.14. The van der Waals surface area contributed by atoms with Gasteiger partial charge in [-0.3, -0.25) is 0 Å². The predicted octanol–water partition coefficient (Wildman–Crippen LogP) is 2.31. The maximum atomic E-state index is 5.48. The largest absolute Gasteiger partial charge is 0.478 e. The minimum Gasteiger partial charge on any atom is -0.478 e. The molecule has 1 aromatic rings. The second kappa shape index (κ2) is 4.30. The van der Waals surface area contributed by atoms with Crippen LogP contribution in [0.5, 0.6) is 5.88 Å². The smallest absolute Gasteiger partial charge is 0.215 e. The molecular formula is C10H18N2O. The van der Waals surface area contributed by atoms with Gasteiger partial charge < -0.3 is 4.74 Å². The van der Waals surface area contributed by atoms with E-state index >= 15 is 0 Å². The molecule has 0 aliphatic carbocycles. The average Bonchev–Trinajstić information content (AvgIpc) is 2.47. The number of aryl methyl sites for hydroxylation is 2. The second-order valence-corrected chi connectivity index (χ2v) is 2.94. The molecule has 0 unspecified atom stereocenters. The molecular weight excluding hydrogens is 164 g/mol. The van der Waals surface area contributed by atoms with Crippen molar-refractivity contribution in [3.63, 3.8) is 0 Å². The number of hydrogen-bond acceptors (Lipinski definition) is 2. The van der Waals surface area contributed by atoms with E-state index in [9.17, 15) is 0 Å². The maximum Gasteiger partial charge on any atom is 0.215 e. The number of rotatable bonds is 0. The summed E-state index contributed by atoms with van der Waals surface area (Å²) < 4.78 is 7.43. The summed E-state index contributed by atoms with van der Waals surface area (Å²) >= 11 is 0. The Kier molecular flexibility index (Phi) is 3.34. The molecule has 0 spiro atoms. The van der Waals surface area contributed by atoms with Crippen LogP contribution < -0.4 is 4.74 Å². The Balaban J connectivity index is 0.000000396. The second-order valence-electron chi connectivity index (χ2n) is 2.94. The van der Waals surface area contributed by atoms with Gasteiger partial charge in [0.1, 0.15) is 0 Å². The standard InChI is InChI=1S/C8H12N2O.C2H6/c1-6-7(2)9-10-4-3-5-11-8(6)10;1-2/h3-5H2,1-2H3;1-2H3. The molecule has 1 aromatic heterocycles. The van der Waals surface area contributed by atoms with Crippen molar-refractivity contribution in [2.24, 2.45) is 0 Å². The van der Waals surface area contributed by atoms with Gasteiger partial charge in [-0.15, -0.1) is 0 Å². The summed E-state index contributed by atoms with van der Waals surface area (Å²) in [6.07, 6.45) is 1.08. The van der Waals surface area contributed by atoms with Crippen molar-refractivity contribution in [2.75, 3.05) is 6.61 Å². The van der Waals surface area contributed by atoms with Crippen LogP contribution in [0.2, 0.25) is 0 Å². The Bertz CT molecular complexity index is 279. The highest BCUT2D eigenvalue weighted by atomic mass is 16.5. The zero-order chi connectivity index (χ0) is 9.84. The molecule has 0 saturated carbocycles. The Labute approximate surface area is 79.7 Å². The lowest BCUT2D eigenvalue weighted by Crippen LogP contribution is -2.14. The molecule has 1 aliphatic rings. The van der Waals surface area contributed by atoms with Crippen molar-refractivity contribution in [1.82, 2.24) is 9.78 Å². The van der Waals surface area contributed by atoms with Crippen LogP contribution in [0, 0.1) is 13.8 Å². The molecule has 0 fully saturated rings. The Morgan fingerprint density at radius 1 is 1.31 bits per heavy atom. The summed E-state index contributed by atoms with van der Waals surface area (Å²) in [5, 5.41) is 4.34. The van der Waals surface area contributed by atoms with Gasteiger partial charge in [0.15, 0.2) is 0 Å². The van der Waals surface area contributed by atoms with E-state index in [1.807, 2.05) is 25.5 Å². The number of aromatic nitrogens is 2. The predicted molar refractivity (Wildman–Crippen MR) is 53.2 cm³/mol. The van der Waals surface area contributed by atoms with Crippen molar-refractivity contribution in [3.05, 3.63) is 11.3 Å². The molecule has 0 amide bonds. The zero-order valence-corrected chi connectivity index (χ0v) is 8.92. The fourth-order valence-electron chi connectivity index (χ4n) is 1.37. The van der Waals surface area contributed by atoms with Crippen LogP contribution >= 0.6 is 0 Å². The first-order chi connectivity index (χ1) is 6.29. The number of hydrogen-bond donors (Lipinski definition) is 0. The van der Waals surface area contributed by atoms with Crippen molar-refractivity contribution in [3.8, 4) is 5.88 Å². The minimum absolute atomic E-state index is 0.839. The normalized spacial score (nSPS) is 13.8. The van der Waals surface area contributed by atoms with E-state index in [0.717, 1.165) is 31.1 Å². The van der Waals surface area contributed by atoms with E-state index in [2.05, 4.69) is 12.0 Å². The van der Waals surface area contributed by atoms with Gasteiger partial charge in [0, 0.05) is 18.5 Å². The number of ether oxygens (including phenoxy) is 1. The zero-order valence-electron chi connectivity index (χ0n) is 8.92.